The van der Waals surface area contributed by atoms with E-state index in [-0.39, 0.29) is 5.91 Å². The van der Waals surface area contributed by atoms with Crippen molar-refractivity contribution in [1.82, 2.24) is 10.3 Å². The first-order valence-corrected chi connectivity index (χ1v) is 5.14. The van der Waals surface area contributed by atoms with E-state index < -0.39 is 5.54 Å². The number of carbonyl (C=O) groups excluding carboxylic acids is 1. The number of carbonyl (C=O) groups is 1. The molecule has 15 heavy (non-hydrogen) atoms. The Morgan fingerprint density at radius 2 is 2.40 bits per heavy atom. The Morgan fingerprint density at radius 3 is 2.93 bits per heavy atom. The van der Waals surface area contributed by atoms with Crippen LogP contribution in [0, 0.1) is 6.92 Å². The maximum atomic E-state index is 11.6. The van der Waals surface area contributed by atoms with Crippen LogP contribution in [0.5, 0.6) is 0 Å². The Kier molecular flexibility index (Phi) is 2.44. The van der Waals surface area contributed by atoms with Gasteiger partial charge in [0.15, 0.2) is 0 Å². The van der Waals surface area contributed by atoms with Crippen LogP contribution in [0.4, 0.5) is 0 Å². The van der Waals surface area contributed by atoms with Crippen LogP contribution in [0.2, 0.25) is 0 Å². The minimum absolute atomic E-state index is 0.335. The van der Waals surface area contributed by atoms with Gasteiger partial charge in [-0.2, -0.15) is 0 Å². The van der Waals surface area contributed by atoms with Gasteiger partial charge < -0.3 is 5.73 Å². The highest BCUT2D eigenvalue weighted by Crippen LogP contribution is 2.29. The zero-order chi connectivity index (χ0) is 10.9. The van der Waals surface area contributed by atoms with Crippen molar-refractivity contribution in [3.05, 3.63) is 29.6 Å². The van der Waals surface area contributed by atoms with E-state index in [0.29, 0.717) is 0 Å². The molecule has 1 aromatic heterocycles. The van der Waals surface area contributed by atoms with Crippen LogP contribution in [0.3, 0.4) is 0 Å². The van der Waals surface area contributed by atoms with Crippen LogP contribution in [-0.2, 0) is 10.3 Å². The van der Waals surface area contributed by atoms with Gasteiger partial charge >= 0.3 is 0 Å². The number of rotatable bonds is 2. The van der Waals surface area contributed by atoms with E-state index in [2.05, 4.69) is 10.3 Å². The molecule has 0 aromatic carbocycles. The first-order valence-electron chi connectivity index (χ1n) is 5.14. The number of aromatic nitrogens is 1. The number of pyridine rings is 1. The second kappa shape index (κ2) is 3.62. The maximum absolute atomic E-state index is 11.6. The predicted molar refractivity (Wildman–Crippen MR) is 57.1 cm³/mol. The molecule has 0 saturated carbocycles. The molecule has 1 amide bonds. The first-order chi connectivity index (χ1) is 7.15. The molecule has 1 aliphatic heterocycles. The van der Waals surface area contributed by atoms with Crippen molar-refractivity contribution >= 4 is 5.91 Å². The molecule has 0 aliphatic carbocycles. The fourth-order valence-corrected chi connectivity index (χ4v) is 2.08. The average Bonchev–Trinajstić information content (AvgIpc) is 2.67. The number of aryl methyl sites for hydroxylation is 1. The number of primary amides is 1. The highest BCUT2D eigenvalue weighted by molar-refractivity contribution is 5.86. The van der Waals surface area contributed by atoms with E-state index in [0.717, 1.165) is 30.8 Å². The van der Waals surface area contributed by atoms with Crippen LogP contribution >= 0.6 is 0 Å². The van der Waals surface area contributed by atoms with E-state index in [9.17, 15) is 4.79 Å². The van der Waals surface area contributed by atoms with Gasteiger partial charge in [0.1, 0.15) is 5.54 Å². The number of nitrogens with zero attached hydrogens (tertiary/aromatic N) is 1. The number of hydrogen-bond acceptors (Lipinski definition) is 3. The largest absolute Gasteiger partial charge is 0.368 e. The molecular formula is C11H15N3O. The second-order valence-electron chi connectivity index (χ2n) is 3.96. The molecular weight excluding hydrogens is 190 g/mol. The van der Waals surface area contributed by atoms with Crippen molar-refractivity contribution in [2.75, 3.05) is 6.54 Å². The number of nitrogens with one attached hydrogen (secondary N) is 1. The third kappa shape index (κ3) is 1.61. The Balaban J connectivity index is 2.45. The average molecular weight is 205 g/mol. The molecule has 2 heterocycles. The minimum atomic E-state index is -0.744. The van der Waals surface area contributed by atoms with Crippen molar-refractivity contribution < 1.29 is 4.79 Å². The Bertz CT molecular complexity index is 383. The minimum Gasteiger partial charge on any atom is -0.368 e. The maximum Gasteiger partial charge on any atom is 0.243 e. The first kappa shape index (κ1) is 10.1. The zero-order valence-electron chi connectivity index (χ0n) is 8.79. The van der Waals surface area contributed by atoms with Gasteiger partial charge in [0.05, 0.1) is 5.69 Å². The Labute approximate surface area is 88.9 Å². The fraction of sp³-hybridized carbons (Fsp3) is 0.455. The normalized spacial score (nSPS) is 25.4. The molecule has 1 fully saturated rings. The van der Waals surface area contributed by atoms with Gasteiger partial charge in [0.25, 0.3) is 0 Å². The highest BCUT2D eigenvalue weighted by Gasteiger charge is 2.42. The van der Waals surface area contributed by atoms with Crippen molar-refractivity contribution in [2.45, 2.75) is 25.3 Å². The SMILES string of the molecule is Cc1cccc([C@@]2(C(N)=O)CCCN2)n1. The quantitative estimate of drug-likeness (QED) is 0.736. The molecule has 1 aromatic rings. The summed E-state index contributed by atoms with van der Waals surface area (Å²) in [5.41, 5.74) is 6.38. The van der Waals surface area contributed by atoms with Gasteiger partial charge in [-0.1, -0.05) is 6.07 Å². The number of amides is 1. The Morgan fingerprint density at radius 1 is 1.60 bits per heavy atom. The summed E-state index contributed by atoms with van der Waals surface area (Å²) in [6, 6.07) is 5.67. The van der Waals surface area contributed by atoms with E-state index in [1.165, 1.54) is 0 Å². The van der Waals surface area contributed by atoms with Crippen molar-refractivity contribution in [1.29, 1.82) is 0 Å². The van der Waals surface area contributed by atoms with Crippen LogP contribution in [-0.4, -0.2) is 17.4 Å². The number of hydrogen-bond donors (Lipinski definition) is 2. The van der Waals surface area contributed by atoms with Crippen LogP contribution in [0.15, 0.2) is 18.2 Å². The lowest BCUT2D eigenvalue weighted by Gasteiger charge is -2.25. The molecule has 2 rings (SSSR count). The third-order valence-corrected chi connectivity index (χ3v) is 2.90. The van der Waals surface area contributed by atoms with Gasteiger partial charge in [-0.05, 0) is 38.4 Å². The van der Waals surface area contributed by atoms with E-state index in [1.807, 2.05) is 25.1 Å². The lowest BCUT2D eigenvalue weighted by atomic mass is 9.92. The molecule has 0 bridgehead atoms. The van der Waals surface area contributed by atoms with Gasteiger partial charge in [-0.25, -0.2) is 0 Å². The molecule has 3 N–H and O–H groups in total. The van der Waals surface area contributed by atoms with E-state index >= 15 is 0 Å². The molecule has 0 radical (unpaired) electrons. The molecule has 1 aliphatic rings. The summed E-state index contributed by atoms with van der Waals surface area (Å²) in [6.07, 6.45) is 1.69. The third-order valence-electron chi connectivity index (χ3n) is 2.90. The zero-order valence-corrected chi connectivity index (χ0v) is 8.79. The summed E-state index contributed by atoms with van der Waals surface area (Å²) in [7, 11) is 0. The van der Waals surface area contributed by atoms with Crippen LogP contribution in [0.1, 0.15) is 24.2 Å². The second-order valence-corrected chi connectivity index (χ2v) is 3.96. The van der Waals surface area contributed by atoms with Gasteiger partial charge in [-0.3, -0.25) is 15.1 Å². The van der Waals surface area contributed by atoms with Gasteiger partial charge in [0, 0.05) is 5.69 Å². The summed E-state index contributed by atoms with van der Waals surface area (Å²) in [4.78, 5) is 15.9. The molecule has 4 heteroatoms. The summed E-state index contributed by atoms with van der Waals surface area (Å²) < 4.78 is 0. The molecule has 0 spiro atoms. The highest BCUT2D eigenvalue weighted by atomic mass is 16.1. The monoisotopic (exact) mass is 205 g/mol. The Hall–Kier alpha value is -1.42. The molecule has 0 unspecified atom stereocenters. The summed E-state index contributed by atoms with van der Waals surface area (Å²) >= 11 is 0. The summed E-state index contributed by atoms with van der Waals surface area (Å²) in [5, 5.41) is 3.18. The van der Waals surface area contributed by atoms with Crippen molar-refractivity contribution in [3.8, 4) is 0 Å². The van der Waals surface area contributed by atoms with Crippen LogP contribution < -0.4 is 11.1 Å². The van der Waals surface area contributed by atoms with Gasteiger partial charge in [0.2, 0.25) is 5.91 Å². The standard InChI is InChI=1S/C11H15N3O/c1-8-4-2-5-9(14-8)11(10(12)15)6-3-7-13-11/h2,4-5,13H,3,6-7H2,1H3,(H2,12,15)/t11-/m1/s1. The summed E-state index contributed by atoms with van der Waals surface area (Å²) in [6.45, 7) is 2.73. The molecule has 1 atom stereocenters. The molecule has 4 nitrogen and oxygen atoms in total. The fourth-order valence-electron chi connectivity index (χ4n) is 2.08. The smallest absolute Gasteiger partial charge is 0.243 e. The van der Waals surface area contributed by atoms with Crippen molar-refractivity contribution in [3.63, 3.8) is 0 Å². The topological polar surface area (TPSA) is 68.0 Å². The van der Waals surface area contributed by atoms with Crippen LogP contribution in [0.25, 0.3) is 0 Å². The van der Waals surface area contributed by atoms with E-state index in [1.54, 1.807) is 0 Å². The van der Waals surface area contributed by atoms with Gasteiger partial charge in [-0.15, -0.1) is 0 Å². The summed E-state index contributed by atoms with van der Waals surface area (Å²) in [5.74, 6) is -0.335. The molecule has 1 saturated heterocycles. The number of nitrogens with two attached hydrogens (primary N) is 1. The molecule has 80 valence electrons. The van der Waals surface area contributed by atoms with E-state index in [4.69, 9.17) is 5.73 Å². The lowest BCUT2D eigenvalue weighted by molar-refractivity contribution is -0.124. The van der Waals surface area contributed by atoms with Crippen molar-refractivity contribution in [2.24, 2.45) is 5.73 Å². The predicted octanol–water partition coefficient (Wildman–Crippen LogP) is 0.454. The lowest BCUT2D eigenvalue weighted by Crippen LogP contribution is -2.49.